The zero-order valence-electron chi connectivity index (χ0n) is 19.4. The molecule has 9 atom stereocenters. The zero-order chi connectivity index (χ0) is 24.6. The van der Waals surface area contributed by atoms with Gasteiger partial charge in [0, 0.05) is 12.3 Å². The number of Topliss-reactive ketones (excluding diaryl/α,β-unsaturated/α-hetero) is 1. The van der Waals surface area contributed by atoms with E-state index in [0.717, 1.165) is 12.5 Å². The summed E-state index contributed by atoms with van der Waals surface area (Å²) in [7, 11) is 0. The summed E-state index contributed by atoms with van der Waals surface area (Å²) in [6, 6.07) is 0. The van der Waals surface area contributed by atoms with Crippen LogP contribution in [-0.4, -0.2) is 92.4 Å². The van der Waals surface area contributed by atoms with Crippen molar-refractivity contribution in [2.75, 3.05) is 13.2 Å². The lowest BCUT2D eigenvalue weighted by molar-refractivity contribution is -0.332. The summed E-state index contributed by atoms with van der Waals surface area (Å²) in [4.78, 5) is 25.3. The first kappa shape index (κ1) is 24.7. The fourth-order valence-electron chi connectivity index (χ4n) is 6.40. The number of hydrogen-bond acceptors (Lipinski definition) is 10. The van der Waals surface area contributed by atoms with Crippen LogP contribution in [0.1, 0.15) is 47.0 Å². The summed E-state index contributed by atoms with van der Waals surface area (Å²) >= 11 is 0. The van der Waals surface area contributed by atoms with Crippen LogP contribution in [0.25, 0.3) is 0 Å². The molecule has 1 heterocycles. The number of fused-ring (bicyclic) bond motifs is 1. The van der Waals surface area contributed by atoms with Crippen molar-refractivity contribution in [3.63, 3.8) is 0 Å². The Balaban J connectivity index is 1.80. The van der Waals surface area contributed by atoms with Gasteiger partial charge in [-0.15, -0.1) is 0 Å². The van der Waals surface area contributed by atoms with Crippen LogP contribution in [0.5, 0.6) is 0 Å². The zero-order valence-corrected chi connectivity index (χ0v) is 19.4. The summed E-state index contributed by atoms with van der Waals surface area (Å²) in [5.74, 6) is -2.14. The molecule has 1 spiro atoms. The molecule has 0 bridgehead atoms. The molecule has 0 aromatic carbocycles. The van der Waals surface area contributed by atoms with Gasteiger partial charge in [-0.2, -0.15) is 0 Å². The van der Waals surface area contributed by atoms with Gasteiger partial charge in [-0.3, -0.25) is 9.59 Å². The third-order valence-corrected chi connectivity index (χ3v) is 8.32. The molecule has 10 nitrogen and oxygen atoms in total. The molecule has 3 aliphatic carbocycles. The molecule has 0 aromatic heterocycles. The minimum atomic E-state index is -1.62. The average molecular weight is 471 g/mol. The third-order valence-electron chi connectivity index (χ3n) is 8.32. The first-order valence-electron chi connectivity index (χ1n) is 11.3. The van der Waals surface area contributed by atoms with Crippen LogP contribution >= 0.6 is 0 Å². The minimum absolute atomic E-state index is 0.0265. The van der Waals surface area contributed by atoms with Gasteiger partial charge in [0.25, 0.3) is 0 Å². The van der Waals surface area contributed by atoms with E-state index < -0.39 is 77.8 Å². The number of esters is 1. The van der Waals surface area contributed by atoms with Crippen molar-refractivity contribution >= 4 is 11.8 Å². The maximum atomic E-state index is 13.6. The van der Waals surface area contributed by atoms with Crippen molar-refractivity contribution in [2.45, 2.75) is 88.9 Å². The summed E-state index contributed by atoms with van der Waals surface area (Å²) in [5, 5.41) is 52.3. The summed E-state index contributed by atoms with van der Waals surface area (Å²) in [6.07, 6.45) is -4.03. The molecule has 186 valence electrons. The van der Waals surface area contributed by atoms with Crippen LogP contribution in [0.4, 0.5) is 0 Å². The van der Waals surface area contributed by atoms with Gasteiger partial charge in [0.2, 0.25) is 0 Å². The van der Waals surface area contributed by atoms with Crippen molar-refractivity contribution in [3.05, 3.63) is 11.6 Å². The molecule has 0 amide bonds. The molecular weight excluding hydrogens is 436 g/mol. The smallest absolute Gasteiger partial charge is 0.303 e. The number of ketones is 1. The highest BCUT2D eigenvalue weighted by Crippen LogP contribution is 2.69. The number of aliphatic hydroxyl groups is 5. The molecule has 1 saturated heterocycles. The van der Waals surface area contributed by atoms with Gasteiger partial charge in [0.15, 0.2) is 12.4 Å². The summed E-state index contributed by atoms with van der Waals surface area (Å²) < 4.78 is 17.3. The SMILES string of the molecule is CC(=O)OC1C(OC23C=C(C)C4(CC4)C(C)(O)C2C(=O)C(C)(CO)C3)OC(CO)C(O)C1O. The Morgan fingerprint density at radius 3 is 2.36 bits per heavy atom. The van der Waals surface area contributed by atoms with Gasteiger partial charge in [0.05, 0.1) is 30.1 Å². The molecule has 1 aliphatic heterocycles. The number of hydrogen-bond donors (Lipinski definition) is 5. The molecular formula is C23H34O10. The molecule has 3 fully saturated rings. The maximum absolute atomic E-state index is 13.6. The van der Waals surface area contributed by atoms with Crippen LogP contribution in [0.15, 0.2) is 11.6 Å². The van der Waals surface area contributed by atoms with Crippen LogP contribution in [0.2, 0.25) is 0 Å². The molecule has 4 rings (SSSR count). The first-order valence-corrected chi connectivity index (χ1v) is 11.3. The number of carbonyl (C=O) groups is 2. The van der Waals surface area contributed by atoms with E-state index in [9.17, 15) is 35.1 Å². The second-order valence-corrected chi connectivity index (χ2v) is 10.6. The van der Waals surface area contributed by atoms with E-state index in [4.69, 9.17) is 14.2 Å². The van der Waals surface area contributed by atoms with E-state index in [0.29, 0.717) is 12.8 Å². The number of ether oxygens (including phenoxy) is 3. The fraction of sp³-hybridized carbons (Fsp3) is 0.826. The quantitative estimate of drug-likeness (QED) is 0.254. The van der Waals surface area contributed by atoms with Crippen molar-refractivity contribution < 1.29 is 49.3 Å². The maximum Gasteiger partial charge on any atom is 0.303 e. The molecule has 0 radical (unpaired) electrons. The van der Waals surface area contributed by atoms with Gasteiger partial charge >= 0.3 is 5.97 Å². The Morgan fingerprint density at radius 1 is 1.21 bits per heavy atom. The molecule has 9 unspecified atom stereocenters. The number of carbonyl (C=O) groups excluding carboxylic acids is 2. The molecule has 4 aliphatic rings. The first-order chi connectivity index (χ1) is 15.3. The van der Waals surface area contributed by atoms with E-state index in [1.54, 1.807) is 19.9 Å². The van der Waals surface area contributed by atoms with Crippen molar-refractivity contribution in [2.24, 2.45) is 16.7 Å². The molecule has 2 saturated carbocycles. The summed E-state index contributed by atoms with van der Waals surface area (Å²) in [6.45, 7) is 5.12. The topological polar surface area (TPSA) is 163 Å². The predicted molar refractivity (Wildman–Crippen MR) is 111 cm³/mol. The lowest BCUT2D eigenvalue weighted by Crippen LogP contribution is -2.64. The lowest BCUT2D eigenvalue weighted by Gasteiger charge is -2.52. The van der Waals surface area contributed by atoms with Crippen LogP contribution in [0, 0.1) is 16.7 Å². The lowest BCUT2D eigenvalue weighted by atomic mass is 9.61. The normalized spacial score (nSPS) is 48.4. The second kappa shape index (κ2) is 7.81. The number of rotatable bonds is 5. The van der Waals surface area contributed by atoms with E-state index in [1.165, 1.54) is 0 Å². The summed E-state index contributed by atoms with van der Waals surface area (Å²) in [5.41, 5.74) is -3.83. The van der Waals surface area contributed by atoms with Crippen LogP contribution in [0.3, 0.4) is 0 Å². The molecule has 10 heteroatoms. The highest BCUT2D eigenvalue weighted by molar-refractivity contribution is 5.93. The van der Waals surface area contributed by atoms with Gasteiger partial charge in [-0.05, 0) is 33.1 Å². The molecule has 33 heavy (non-hydrogen) atoms. The monoisotopic (exact) mass is 470 g/mol. The van der Waals surface area contributed by atoms with Crippen molar-refractivity contribution in [3.8, 4) is 0 Å². The van der Waals surface area contributed by atoms with Gasteiger partial charge < -0.3 is 39.7 Å². The van der Waals surface area contributed by atoms with E-state index in [-0.39, 0.29) is 12.2 Å². The van der Waals surface area contributed by atoms with E-state index in [2.05, 4.69) is 0 Å². The van der Waals surface area contributed by atoms with E-state index in [1.807, 2.05) is 6.92 Å². The van der Waals surface area contributed by atoms with Crippen molar-refractivity contribution in [1.29, 1.82) is 0 Å². The highest BCUT2D eigenvalue weighted by Gasteiger charge is 2.74. The van der Waals surface area contributed by atoms with Crippen LogP contribution in [-0.2, 0) is 23.8 Å². The molecule has 0 aromatic rings. The van der Waals surface area contributed by atoms with E-state index >= 15 is 0 Å². The number of aliphatic hydroxyl groups excluding tert-OH is 4. The standard InChI is InChI=1S/C23H34O10/c1-11-7-23(33-19-16(31-12(2)26)15(28)14(27)13(8-24)32-19)9-20(3,10-25)18(29)17(23)21(4,30)22(11)5-6-22/h7,13-17,19,24-25,27-28,30H,5-6,8-10H2,1-4H3. The third kappa shape index (κ3) is 3.42. The molecule has 5 N–H and O–H groups in total. The largest absolute Gasteiger partial charge is 0.454 e. The average Bonchev–Trinajstić information content (AvgIpc) is 3.51. The van der Waals surface area contributed by atoms with Gasteiger partial charge in [-0.1, -0.05) is 18.6 Å². The predicted octanol–water partition coefficient (Wildman–Crippen LogP) is -0.809. The second-order valence-electron chi connectivity index (χ2n) is 10.6. The minimum Gasteiger partial charge on any atom is -0.454 e. The Morgan fingerprint density at radius 2 is 1.85 bits per heavy atom. The van der Waals surface area contributed by atoms with Gasteiger partial charge in [-0.25, -0.2) is 0 Å². The Labute approximate surface area is 192 Å². The Kier molecular flexibility index (Phi) is 5.85. The van der Waals surface area contributed by atoms with Crippen LogP contribution < -0.4 is 0 Å². The Hall–Kier alpha value is -1.40. The fourth-order valence-corrected chi connectivity index (χ4v) is 6.40. The highest BCUT2D eigenvalue weighted by atomic mass is 16.7. The van der Waals surface area contributed by atoms with Crippen molar-refractivity contribution in [1.82, 2.24) is 0 Å². The van der Waals surface area contributed by atoms with Gasteiger partial charge in [0.1, 0.15) is 29.7 Å². The Bertz CT molecular complexity index is 863.